The maximum absolute atomic E-state index is 13.6. The summed E-state index contributed by atoms with van der Waals surface area (Å²) in [4.78, 5) is 0. The van der Waals surface area contributed by atoms with Crippen molar-refractivity contribution < 1.29 is 22.8 Å². The Balaban J connectivity index is 2.10. The Kier molecular flexibility index (Phi) is 7.00. The van der Waals surface area contributed by atoms with Gasteiger partial charge < -0.3 is 14.0 Å². The van der Waals surface area contributed by atoms with Gasteiger partial charge in [-0.05, 0) is 51.3 Å². The lowest BCUT2D eigenvalue weighted by molar-refractivity contribution is -0.182. The van der Waals surface area contributed by atoms with E-state index >= 15 is 0 Å². The van der Waals surface area contributed by atoms with E-state index in [0.29, 0.717) is 31.6 Å². The van der Waals surface area contributed by atoms with E-state index < -0.39 is 33.8 Å². The topological polar surface area (TPSA) is 53.5 Å². The highest BCUT2D eigenvalue weighted by atomic mass is 32.2. The highest BCUT2D eigenvalue weighted by Crippen LogP contribution is 2.26. The van der Waals surface area contributed by atoms with E-state index in [0.717, 1.165) is 12.5 Å². The summed E-state index contributed by atoms with van der Waals surface area (Å²) < 4.78 is 53.1. The highest BCUT2D eigenvalue weighted by Gasteiger charge is 2.30. The van der Waals surface area contributed by atoms with Crippen molar-refractivity contribution in [1.29, 1.82) is 0 Å². The quantitative estimate of drug-likeness (QED) is 0.787. The lowest BCUT2D eigenvalue weighted by Crippen LogP contribution is -2.41. The molecule has 1 aromatic carbocycles. The van der Waals surface area contributed by atoms with E-state index in [-0.39, 0.29) is 6.29 Å². The molecular formula is C17H25F2NO3S. The van der Waals surface area contributed by atoms with Crippen LogP contribution in [-0.4, -0.2) is 28.8 Å². The van der Waals surface area contributed by atoms with Crippen molar-refractivity contribution >= 4 is 11.4 Å². The minimum Gasteiger partial charge on any atom is -0.598 e. The van der Waals surface area contributed by atoms with Crippen LogP contribution < -0.4 is 4.72 Å². The maximum atomic E-state index is 13.6. The van der Waals surface area contributed by atoms with Crippen LogP contribution in [0.25, 0.3) is 0 Å². The van der Waals surface area contributed by atoms with Crippen molar-refractivity contribution in [3.8, 4) is 0 Å². The van der Waals surface area contributed by atoms with Crippen molar-refractivity contribution in [2.24, 2.45) is 0 Å². The SMILES string of the molecule is CC(C)(C)[S+]([O-])NC(CCC1OCCCO1)c1cc(F)cc(F)c1. The summed E-state index contributed by atoms with van der Waals surface area (Å²) in [5.41, 5.74) is 0.431. The number of nitrogens with one attached hydrogen (secondary N) is 1. The largest absolute Gasteiger partial charge is 0.598 e. The van der Waals surface area contributed by atoms with Crippen LogP contribution in [-0.2, 0) is 20.8 Å². The van der Waals surface area contributed by atoms with E-state index in [4.69, 9.17) is 9.47 Å². The monoisotopic (exact) mass is 361 g/mol. The molecule has 2 unspecified atom stereocenters. The van der Waals surface area contributed by atoms with Crippen LogP contribution in [0.1, 0.15) is 51.6 Å². The van der Waals surface area contributed by atoms with Crippen LogP contribution in [0, 0.1) is 11.6 Å². The van der Waals surface area contributed by atoms with Gasteiger partial charge in [0.05, 0.1) is 19.3 Å². The second-order valence-electron chi connectivity index (χ2n) is 6.86. The molecule has 0 saturated carbocycles. The predicted octanol–water partition coefficient (Wildman–Crippen LogP) is 3.60. The van der Waals surface area contributed by atoms with Crippen LogP contribution >= 0.6 is 0 Å². The van der Waals surface area contributed by atoms with Gasteiger partial charge >= 0.3 is 0 Å². The predicted molar refractivity (Wildman–Crippen MR) is 89.7 cm³/mol. The first-order valence-corrected chi connectivity index (χ1v) is 9.28. The summed E-state index contributed by atoms with van der Waals surface area (Å²) in [5.74, 6) is -1.30. The highest BCUT2D eigenvalue weighted by molar-refractivity contribution is 7.90. The average molecular weight is 361 g/mol. The lowest BCUT2D eigenvalue weighted by Gasteiger charge is -2.29. The van der Waals surface area contributed by atoms with Crippen LogP contribution in [0.4, 0.5) is 8.78 Å². The van der Waals surface area contributed by atoms with Gasteiger partial charge in [0.25, 0.3) is 0 Å². The third-order valence-corrected chi connectivity index (χ3v) is 5.29. The minimum atomic E-state index is -1.36. The first kappa shape index (κ1) is 19.6. The van der Waals surface area contributed by atoms with Gasteiger partial charge in [-0.1, -0.05) is 0 Å². The summed E-state index contributed by atoms with van der Waals surface area (Å²) in [7, 11) is 0. The first-order chi connectivity index (χ1) is 11.3. The summed E-state index contributed by atoms with van der Waals surface area (Å²) in [6, 6.07) is 2.91. The normalized spacial score (nSPS) is 19.2. The third kappa shape index (κ3) is 5.97. The Morgan fingerprint density at radius 3 is 2.33 bits per heavy atom. The van der Waals surface area contributed by atoms with E-state index in [9.17, 15) is 13.3 Å². The van der Waals surface area contributed by atoms with Crippen molar-refractivity contribution in [2.75, 3.05) is 13.2 Å². The third-order valence-electron chi connectivity index (χ3n) is 3.68. The Morgan fingerprint density at radius 2 is 1.79 bits per heavy atom. The smallest absolute Gasteiger partial charge is 0.157 e. The molecule has 0 aliphatic carbocycles. The van der Waals surface area contributed by atoms with E-state index in [1.54, 1.807) is 0 Å². The van der Waals surface area contributed by atoms with E-state index in [2.05, 4.69) is 4.72 Å². The Bertz CT molecular complexity index is 513. The van der Waals surface area contributed by atoms with Gasteiger partial charge in [0.15, 0.2) is 6.29 Å². The van der Waals surface area contributed by atoms with Crippen molar-refractivity contribution in [3.63, 3.8) is 0 Å². The van der Waals surface area contributed by atoms with E-state index in [1.165, 1.54) is 12.1 Å². The summed E-state index contributed by atoms with van der Waals surface area (Å²) in [6.07, 6.45) is 1.58. The minimum absolute atomic E-state index is 0.329. The van der Waals surface area contributed by atoms with Crippen LogP contribution in [0.15, 0.2) is 18.2 Å². The molecule has 1 heterocycles. The molecule has 0 bridgehead atoms. The molecule has 0 amide bonds. The number of benzene rings is 1. The Hall–Kier alpha value is -0.730. The average Bonchev–Trinajstić information content (AvgIpc) is 2.50. The molecule has 2 rings (SSSR count). The molecule has 1 aromatic rings. The Labute approximate surface area is 145 Å². The zero-order chi connectivity index (χ0) is 17.7. The zero-order valence-corrected chi connectivity index (χ0v) is 15.1. The van der Waals surface area contributed by atoms with Crippen LogP contribution in [0.2, 0.25) is 0 Å². The molecule has 7 heteroatoms. The molecule has 1 aliphatic heterocycles. The van der Waals surface area contributed by atoms with Gasteiger partial charge in [-0.25, -0.2) is 8.78 Å². The molecule has 0 spiro atoms. The van der Waals surface area contributed by atoms with Gasteiger partial charge in [-0.15, -0.1) is 4.72 Å². The molecule has 1 aliphatic rings. The molecule has 2 atom stereocenters. The molecule has 0 radical (unpaired) electrons. The van der Waals surface area contributed by atoms with Crippen molar-refractivity contribution in [2.45, 2.75) is 57.1 Å². The van der Waals surface area contributed by atoms with Crippen molar-refractivity contribution in [1.82, 2.24) is 4.72 Å². The van der Waals surface area contributed by atoms with Gasteiger partial charge in [0.1, 0.15) is 16.4 Å². The fraction of sp³-hybridized carbons (Fsp3) is 0.647. The molecular weight excluding hydrogens is 336 g/mol. The summed E-state index contributed by atoms with van der Waals surface area (Å²) >= 11 is -1.36. The molecule has 24 heavy (non-hydrogen) atoms. The number of halogens is 2. The first-order valence-electron chi connectivity index (χ1n) is 8.13. The number of hydrogen-bond acceptors (Lipinski definition) is 4. The second-order valence-corrected chi connectivity index (χ2v) is 8.85. The molecule has 1 fully saturated rings. The molecule has 4 nitrogen and oxygen atoms in total. The van der Waals surface area contributed by atoms with Crippen LogP contribution in [0.3, 0.4) is 0 Å². The van der Waals surface area contributed by atoms with Gasteiger partial charge in [0.2, 0.25) is 0 Å². The Morgan fingerprint density at radius 1 is 1.21 bits per heavy atom. The van der Waals surface area contributed by atoms with Gasteiger partial charge in [-0.2, -0.15) is 0 Å². The summed E-state index contributed by atoms with van der Waals surface area (Å²) in [6.45, 7) is 6.81. The van der Waals surface area contributed by atoms with Gasteiger partial charge in [0, 0.05) is 23.8 Å². The molecule has 0 aromatic heterocycles. The standard InChI is InChI=1S/C17H25F2NO3S/c1-17(2,3)24(21)20-15(5-6-16-22-7-4-8-23-16)12-9-13(18)11-14(19)10-12/h9-11,15-16,20H,4-8H2,1-3H3. The molecule has 1 N–H and O–H groups in total. The molecule has 136 valence electrons. The number of rotatable bonds is 6. The van der Waals surface area contributed by atoms with Gasteiger partial charge in [-0.3, -0.25) is 0 Å². The second kappa shape index (κ2) is 8.58. The fourth-order valence-electron chi connectivity index (χ4n) is 2.38. The van der Waals surface area contributed by atoms with E-state index in [1.807, 2.05) is 20.8 Å². The molecule has 1 saturated heterocycles. The summed E-state index contributed by atoms with van der Waals surface area (Å²) in [5, 5.41) is 0. The lowest BCUT2D eigenvalue weighted by atomic mass is 10.0. The maximum Gasteiger partial charge on any atom is 0.157 e. The zero-order valence-electron chi connectivity index (χ0n) is 14.3. The number of hydrogen-bond donors (Lipinski definition) is 1. The number of ether oxygens (including phenoxy) is 2. The van der Waals surface area contributed by atoms with Crippen molar-refractivity contribution in [3.05, 3.63) is 35.4 Å². The van der Waals surface area contributed by atoms with Crippen LogP contribution in [0.5, 0.6) is 0 Å². The fourth-order valence-corrected chi connectivity index (χ4v) is 3.25.